The summed E-state index contributed by atoms with van der Waals surface area (Å²) in [6, 6.07) is 0.587. The summed E-state index contributed by atoms with van der Waals surface area (Å²) in [4.78, 5) is 2.37. The number of nitrogens with zero attached hydrogens (tertiary/aromatic N) is 1. The lowest BCUT2D eigenvalue weighted by Crippen LogP contribution is -2.31. The highest BCUT2D eigenvalue weighted by Crippen LogP contribution is 2.18. The van der Waals surface area contributed by atoms with E-state index in [0.29, 0.717) is 6.04 Å². The van der Waals surface area contributed by atoms with Crippen molar-refractivity contribution >= 4 is 0 Å². The van der Waals surface area contributed by atoms with Gasteiger partial charge in [-0.15, -0.1) is 0 Å². The van der Waals surface area contributed by atoms with Gasteiger partial charge in [-0.3, -0.25) is 0 Å². The summed E-state index contributed by atoms with van der Waals surface area (Å²) in [7, 11) is 0. The Hall–Kier alpha value is -0.720. The van der Waals surface area contributed by atoms with E-state index in [-0.39, 0.29) is 0 Å². The minimum atomic E-state index is 0.587. The molecule has 1 aliphatic heterocycles. The topological polar surface area (TPSA) is 3.24 Å². The standard InChI is InChI=1S/C10H17N/c1-5-11-7-8(2)6-9(3)10(11)4/h6-7,10H,5H2,1-4H3. The smallest absolute Gasteiger partial charge is 0.0469 e. The minimum absolute atomic E-state index is 0.587. The Morgan fingerprint density at radius 1 is 1.45 bits per heavy atom. The van der Waals surface area contributed by atoms with E-state index in [1.807, 2.05) is 0 Å². The highest BCUT2D eigenvalue weighted by molar-refractivity contribution is 5.27. The van der Waals surface area contributed by atoms with Crippen LogP contribution in [-0.2, 0) is 0 Å². The molecule has 1 heterocycles. The first-order chi connectivity index (χ1) is 5.15. The second kappa shape index (κ2) is 3.12. The fourth-order valence-electron chi connectivity index (χ4n) is 1.52. The van der Waals surface area contributed by atoms with Crippen molar-refractivity contribution in [1.82, 2.24) is 4.90 Å². The second-order valence-electron chi connectivity index (χ2n) is 3.27. The lowest BCUT2D eigenvalue weighted by Gasteiger charge is -2.31. The molecule has 0 saturated heterocycles. The van der Waals surface area contributed by atoms with Crippen molar-refractivity contribution in [2.45, 2.75) is 33.7 Å². The van der Waals surface area contributed by atoms with Crippen LogP contribution in [0.3, 0.4) is 0 Å². The van der Waals surface area contributed by atoms with Crippen molar-refractivity contribution in [3.8, 4) is 0 Å². The molecule has 0 radical (unpaired) electrons. The normalized spacial score (nSPS) is 24.7. The fourth-order valence-corrected chi connectivity index (χ4v) is 1.52. The Bertz CT molecular complexity index is 201. The first-order valence-electron chi connectivity index (χ1n) is 4.27. The van der Waals surface area contributed by atoms with Gasteiger partial charge in [0, 0.05) is 18.8 Å². The summed E-state index contributed by atoms with van der Waals surface area (Å²) >= 11 is 0. The van der Waals surface area contributed by atoms with Crippen molar-refractivity contribution in [1.29, 1.82) is 0 Å². The van der Waals surface area contributed by atoms with Crippen LogP contribution in [0.4, 0.5) is 0 Å². The van der Waals surface area contributed by atoms with Gasteiger partial charge in [-0.25, -0.2) is 0 Å². The molecule has 1 nitrogen and oxygen atoms in total. The molecule has 0 aromatic heterocycles. The number of allylic oxidation sites excluding steroid dienone is 2. The van der Waals surface area contributed by atoms with Gasteiger partial charge in [-0.05, 0) is 33.3 Å². The zero-order valence-corrected chi connectivity index (χ0v) is 7.89. The second-order valence-corrected chi connectivity index (χ2v) is 3.27. The van der Waals surface area contributed by atoms with Crippen LogP contribution in [0.2, 0.25) is 0 Å². The monoisotopic (exact) mass is 151 g/mol. The molecule has 0 saturated carbocycles. The third kappa shape index (κ3) is 1.65. The van der Waals surface area contributed by atoms with Crippen LogP contribution in [0, 0.1) is 0 Å². The number of hydrogen-bond acceptors (Lipinski definition) is 1. The van der Waals surface area contributed by atoms with E-state index >= 15 is 0 Å². The van der Waals surface area contributed by atoms with Crippen LogP contribution in [-0.4, -0.2) is 17.5 Å². The van der Waals surface area contributed by atoms with Gasteiger partial charge in [0.25, 0.3) is 0 Å². The van der Waals surface area contributed by atoms with Gasteiger partial charge in [-0.2, -0.15) is 0 Å². The predicted octanol–water partition coefficient (Wildman–Crippen LogP) is 2.56. The molecule has 11 heavy (non-hydrogen) atoms. The van der Waals surface area contributed by atoms with Crippen LogP contribution in [0.15, 0.2) is 23.4 Å². The largest absolute Gasteiger partial charge is 0.371 e. The summed E-state index contributed by atoms with van der Waals surface area (Å²) < 4.78 is 0. The van der Waals surface area contributed by atoms with E-state index in [9.17, 15) is 0 Å². The van der Waals surface area contributed by atoms with Crippen molar-refractivity contribution in [2.24, 2.45) is 0 Å². The van der Waals surface area contributed by atoms with Gasteiger partial charge in [0.15, 0.2) is 0 Å². The van der Waals surface area contributed by atoms with Gasteiger partial charge in [-0.1, -0.05) is 11.6 Å². The molecule has 0 aromatic carbocycles. The van der Waals surface area contributed by atoms with E-state index in [0.717, 1.165) is 6.54 Å². The molecule has 62 valence electrons. The third-order valence-corrected chi connectivity index (χ3v) is 2.35. The summed E-state index contributed by atoms with van der Waals surface area (Å²) in [6.07, 6.45) is 4.49. The lowest BCUT2D eigenvalue weighted by molar-refractivity contribution is 0.334. The van der Waals surface area contributed by atoms with Crippen LogP contribution < -0.4 is 0 Å². The molecule has 1 atom stereocenters. The zero-order valence-electron chi connectivity index (χ0n) is 7.89. The summed E-state index contributed by atoms with van der Waals surface area (Å²) in [6.45, 7) is 9.89. The molecule has 1 rings (SSSR count). The van der Waals surface area contributed by atoms with E-state index in [2.05, 4.69) is 44.9 Å². The van der Waals surface area contributed by atoms with Gasteiger partial charge in [0.05, 0.1) is 0 Å². The predicted molar refractivity (Wildman–Crippen MR) is 49.4 cm³/mol. The average Bonchev–Trinajstić information content (AvgIpc) is 1.96. The Kier molecular flexibility index (Phi) is 2.38. The average molecular weight is 151 g/mol. The summed E-state index contributed by atoms with van der Waals surface area (Å²) in [5.41, 5.74) is 2.83. The lowest BCUT2D eigenvalue weighted by atomic mass is 10.0. The molecular formula is C10H17N. The van der Waals surface area contributed by atoms with Crippen molar-refractivity contribution in [2.75, 3.05) is 6.54 Å². The molecule has 0 aromatic rings. The van der Waals surface area contributed by atoms with Gasteiger partial charge in [0.2, 0.25) is 0 Å². The molecule has 1 heteroatoms. The molecular weight excluding hydrogens is 134 g/mol. The minimum Gasteiger partial charge on any atom is -0.371 e. The number of rotatable bonds is 1. The van der Waals surface area contributed by atoms with E-state index < -0.39 is 0 Å². The van der Waals surface area contributed by atoms with Crippen molar-refractivity contribution in [3.05, 3.63) is 23.4 Å². The molecule has 0 spiro atoms. The first kappa shape index (κ1) is 8.38. The number of likely N-dealkylation sites (N-methyl/N-ethyl adjacent to an activating group) is 1. The Labute approximate surface area is 69.4 Å². The highest BCUT2D eigenvalue weighted by Gasteiger charge is 2.13. The Morgan fingerprint density at radius 2 is 2.09 bits per heavy atom. The van der Waals surface area contributed by atoms with Crippen LogP contribution in [0.25, 0.3) is 0 Å². The first-order valence-corrected chi connectivity index (χ1v) is 4.27. The molecule has 0 N–H and O–H groups in total. The quantitative estimate of drug-likeness (QED) is 0.556. The molecule has 0 bridgehead atoms. The maximum absolute atomic E-state index is 2.37. The van der Waals surface area contributed by atoms with Crippen LogP contribution in [0.5, 0.6) is 0 Å². The van der Waals surface area contributed by atoms with E-state index in [1.165, 1.54) is 11.1 Å². The van der Waals surface area contributed by atoms with Crippen molar-refractivity contribution in [3.63, 3.8) is 0 Å². The van der Waals surface area contributed by atoms with Gasteiger partial charge < -0.3 is 4.90 Å². The van der Waals surface area contributed by atoms with Crippen LogP contribution in [0.1, 0.15) is 27.7 Å². The SMILES string of the molecule is CCN1C=C(C)C=C(C)C1C. The maximum Gasteiger partial charge on any atom is 0.0469 e. The zero-order chi connectivity index (χ0) is 8.43. The maximum atomic E-state index is 2.37. The van der Waals surface area contributed by atoms with E-state index in [1.54, 1.807) is 0 Å². The molecule has 1 unspecified atom stereocenters. The molecule has 0 aliphatic carbocycles. The fraction of sp³-hybridized carbons (Fsp3) is 0.600. The number of hydrogen-bond donors (Lipinski definition) is 0. The third-order valence-electron chi connectivity index (χ3n) is 2.35. The molecule has 1 aliphatic rings. The molecule has 0 amide bonds. The van der Waals surface area contributed by atoms with E-state index in [4.69, 9.17) is 0 Å². The Balaban J connectivity index is 2.81. The summed E-state index contributed by atoms with van der Waals surface area (Å²) in [5.74, 6) is 0. The molecule has 0 fully saturated rings. The van der Waals surface area contributed by atoms with Gasteiger partial charge in [0.1, 0.15) is 0 Å². The summed E-state index contributed by atoms with van der Waals surface area (Å²) in [5, 5.41) is 0. The van der Waals surface area contributed by atoms with Crippen LogP contribution >= 0.6 is 0 Å². The Morgan fingerprint density at radius 3 is 2.64 bits per heavy atom. The highest BCUT2D eigenvalue weighted by atomic mass is 15.1. The van der Waals surface area contributed by atoms with Gasteiger partial charge >= 0.3 is 0 Å². The van der Waals surface area contributed by atoms with Crippen molar-refractivity contribution < 1.29 is 0 Å².